The number of nitrogens with one attached hydrogen (secondary N) is 5. The summed E-state index contributed by atoms with van der Waals surface area (Å²) in [5.41, 5.74) is 12.7. The molecular weight excluding hydrogens is 890 g/mol. The Morgan fingerprint density at radius 1 is 0.714 bits per heavy atom. The number of nitrogens with zero attached hydrogens (tertiary/aromatic N) is 4. The third kappa shape index (κ3) is 9.28. The number of hydrogen-bond donors (Lipinski definition) is 8. The van der Waals surface area contributed by atoms with E-state index < -0.39 is 0 Å². The quantitative estimate of drug-likeness (QED) is 0.0485. The average molecular weight is 937 g/mol. The number of fused-ring (bicyclic) bond motifs is 6. The van der Waals surface area contributed by atoms with Crippen molar-refractivity contribution in [2.24, 2.45) is 19.8 Å². The summed E-state index contributed by atoms with van der Waals surface area (Å²) in [5, 5.41) is 30.9. The molecule has 0 aliphatic rings. The summed E-state index contributed by atoms with van der Waals surface area (Å²) < 4.78 is 3.57. The first-order chi connectivity index (χ1) is 30.1. The zero-order valence-electron chi connectivity index (χ0n) is 35.2. The van der Waals surface area contributed by atoms with Crippen LogP contribution in [0.4, 0.5) is 23.3 Å². The number of hydrogen-bond acceptors (Lipinski definition) is 11. The topological polar surface area (TPSA) is 221 Å². The molecule has 4 heterocycles. The van der Waals surface area contributed by atoms with E-state index in [4.69, 9.17) is 67.3 Å². The van der Waals surface area contributed by atoms with E-state index >= 15 is 0 Å². The molecule has 0 aliphatic heterocycles. The molecule has 0 radical (unpaired) electrons. The molecule has 0 bridgehead atoms. The number of para-hydroxylation sites is 2. The summed E-state index contributed by atoms with van der Waals surface area (Å²) in [7, 11) is 3.62. The van der Waals surface area contributed by atoms with Crippen LogP contribution in [0.25, 0.3) is 43.6 Å². The van der Waals surface area contributed by atoms with Crippen molar-refractivity contribution in [2.45, 2.75) is 34.2 Å². The number of H-pyrrole nitrogens is 2. The van der Waals surface area contributed by atoms with Gasteiger partial charge in [-0.3, -0.25) is 14.4 Å². The van der Waals surface area contributed by atoms with Crippen LogP contribution in [0.1, 0.15) is 38.4 Å². The molecule has 19 heteroatoms. The Bertz CT molecular complexity index is 3120. The van der Waals surface area contributed by atoms with Crippen LogP contribution < -0.4 is 32.8 Å². The molecule has 330 valence electrons. The van der Waals surface area contributed by atoms with Crippen molar-refractivity contribution in [3.05, 3.63) is 123 Å². The number of aliphatic hydroxyl groups is 2. The van der Waals surface area contributed by atoms with Gasteiger partial charge in [0.1, 0.15) is 5.52 Å². The number of rotatable bonds is 10. The maximum Gasteiger partial charge on any atom is 0.258 e. The molecule has 0 saturated carbocycles. The van der Waals surface area contributed by atoms with Gasteiger partial charge in [0.2, 0.25) is 11.9 Å². The van der Waals surface area contributed by atoms with Gasteiger partial charge >= 0.3 is 0 Å². The van der Waals surface area contributed by atoms with Crippen molar-refractivity contribution in [3.8, 4) is 0 Å². The second kappa shape index (κ2) is 19.9. The number of aromatic nitrogens is 6. The number of aliphatic hydroxyl groups excluding tert-OH is 2. The molecule has 0 atom stereocenters. The second-order valence-electron chi connectivity index (χ2n) is 14.6. The summed E-state index contributed by atoms with van der Waals surface area (Å²) in [6.45, 7) is 9.09. The second-order valence-corrected chi connectivity index (χ2v) is 16.2. The molecule has 8 aromatic rings. The number of aromatic amines is 2. The van der Waals surface area contributed by atoms with Gasteiger partial charge in [-0.2, -0.15) is 0 Å². The molecule has 0 fully saturated rings. The lowest BCUT2D eigenvalue weighted by atomic mass is 10.0. The molecule has 9 N–H and O–H groups in total. The van der Waals surface area contributed by atoms with Crippen molar-refractivity contribution in [2.75, 3.05) is 36.9 Å². The highest BCUT2D eigenvalue weighted by Gasteiger charge is 2.22. The molecule has 0 amide bonds. The predicted octanol–water partition coefficient (Wildman–Crippen LogP) is 8.00. The number of carbonyl (C=O) groups excluding carboxylic acids is 1. The molecule has 0 saturated heterocycles. The number of imidazole rings is 2. The van der Waals surface area contributed by atoms with Crippen molar-refractivity contribution in [1.29, 1.82) is 0 Å². The summed E-state index contributed by atoms with van der Waals surface area (Å²) in [6.07, 6.45) is 0.747. The smallest absolute Gasteiger partial charge is 0.258 e. The number of carbonyl (C=O) groups is 1. The molecular formula is C44H46Cl4N10O5. The summed E-state index contributed by atoms with van der Waals surface area (Å²) >= 11 is 25.2. The maximum atomic E-state index is 13.0. The minimum absolute atomic E-state index is 0.0363. The SMILES string of the molecule is Cc1[nH]c(=O)c2c(cc(C=O)c3nc(Nc4c(Cl)cccc4Cl)n(C)c32)c1C.Cc1[nH]c(=O)c2c(cc(CNCCO)c3nc(Nc4c(Cl)cccc4Cl)n(C)c32)c1C.NCCO. The lowest BCUT2D eigenvalue weighted by Crippen LogP contribution is -2.18. The van der Waals surface area contributed by atoms with Crippen LogP contribution in [0.3, 0.4) is 0 Å². The van der Waals surface area contributed by atoms with E-state index in [-0.39, 0.29) is 24.3 Å². The van der Waals surface area contributed by atoms with Gasteiger partial charge in [-0.15, -0.1) is 0 Å². The Morgan fingerprint density at radius 2 is 1.14 bits per heavy atom. The molecule has 63 heavy (non-hydrogen) atoms. The number of aryl methyl sites for hydroxylation is 6. The maximum absolute atomic E-state index is 13.0. The first-order valence-corrected chi connectivity index (χ1v) is 21.1. The number of aldehydes is 1. The van der Waals surface area contributed by atoms with Crippen LogP contribution in [0.5, 0.6) is 0 Å². The van der Waals surface area contributed by atoms with Gasteiger partial charge in [-0.25, -0.2) is 9.97 Å². The molecule has 4 aromatic heterocycles. The molecule has 8 rings (SSSR count). The standard InChI is InChI=1S/C22H23Cl2N5O2.C20H16Cl2N4O2.C2H7NO/c1-11-12(2)26-21(31)17-14(11)9-13(10-25-7-8-30)18-20(17)29(3)22(27-18)28-19-15(23)5-4-6-16(19)24;1-9-10(2)23-19(28)15-12(9)7-11(8-27)16-18(15)26(3)20(24-16)25-17-13(21)5-4-6-14(17)22;3-1-2-4/h4-6,9,25,30H,7-8,10H2,1-3H3,(H,26,31)(H,27,28);4-8H,1-3H3,(H,23,28)(H,24,25);4H,1-3H2. The largest absolute Gasteiger partial charge is 0.395 e. The van der Waals surface area contributed by atoms with Crippen LogP contribution >= 0.6 is 46.4 Å². The van der Waals surface area contributed by atoms with Crippen LogP contribution in [0.2, 0.25) is 20.1 Å². The number of benzene rings is 4. The highest BCUT2D eigenvalue weighted by atomic mass is 35.5. The minimum atomic E-state index is -0.231. The number of nitrogens with two attached hydrogens (primary N) is 1. The Morgan fingerprint density at radius 3 is 1.57 bits per heavy atom. The van der Waals surface area contributed by atoms with Gasteiger partial charge in [0.15, 0.2) is 6.29 Å². The Labute approximate surface area is 381 Å². The lowest BCUT2D eigenvalue weighted by Gasteiger charge is -2.12. The van der Waals surface area contributed by atoms with E-state index in [0.717, 1.165) is 45.1 Å². The van der Waals surface area contributed by atoms with Crippen molar-refractivity contribution < 1.29 is 15.0 Å². The molecule has 4 aromatic carbocycles. The van der Waals surface area contributed by atoms with Crippen LogP contribution in [-0.2, 0) is 20.6 Å². The van der Waals surface area contributed by atoms with Crippen LogP contribution in [0, 0.1) is 27.7 Å². The number of anilines is 4. The van der Waals surface area contributed by atoms with Gasteiger partial charge < -0.3 is 51.0 Å². The summed E-state index contributed by atoms with van der Waals surface area (Å²) in [5.74, 6) is 0.928. The van der Waals surface area contributed by atoms with Crippen LogP contribution in [0.15, 0.2) is 58.1 Å². The normalized spacial score (nSPS) is 11.2. The van der Waals surface area contributed by atoms with E-state index in [0.29, 0.717) is 101 Å². The first kappa shape index (κ1) is 47.0. The van der Waals surface area contributed by atoms with E-state index in [2.05, 4.69) is 30.9 Å². The van der Waals surface area contributed by atoms with Crippen molar-refractivity contribution >= 4 is 120 Å². The Balaban J connectivity index is 0.000000194. The number of halogens is 4. The Hall–Kier alpha value is -5.49. The molecule has 0 unspecified atom stereocenters. The van der Waals surface area contributed by atoms with E-state index in [1.54, 1.807) is 54.1 Å². The molecule has 15 nitrogen and oxygen atoms in total. The third-order valence-electron chi connectivity index (χ3n) is 10.6. The minimum Gasteiger partial charge on any atom is -0.395 e. The lowest BCUT2D eigenvalue weighted by molar-refractivity contribution is 0.112. The van der Waals surface area contributed by atoms with Gasteiger partial charge in [-0.05, 0) is 91.6 Å². The number of pyridine rings is 2. The first-order valence-electron chi connectivity index (χ1n) is 19.6. The highest BCUT2D eigenvalue weighted by molar-refractivity contribution is 6.40. The third-order valence-corrected chi connectivity index (χ3v) is 11.9. The van der Waals surface area contributed by atoms with Gasteiger partial charge in [0.25, 0.3) is 11.1 Å². The fraction of sp³-hybridized carbons (Fsp3) is 0.250. The zero-order valence-corrected chi connectivity index (χ0v) is 38.3. The highest BCUT2D eigenvalue weighted by Crippen LogP contribution is 2.37. The van der Waals surface area contributed by atoms with E-state index in [9.17, 15) is 14.4 Å². The fourth-order valence-electron chi connectivity index (χ4n) is 7.18. The van der Waals surface area contributed by atoms with Gasteiger partial charge in [0.05, 0.1) is 72.0 Å². The predicted molar refractivity (Wildman–Crippen MR) is 256 cm³/mol. The van der Waals surface area contributed by atoms with Crippen LogP contribution in [-0.4, -0.2) is 71.9 Å². The molecule has 0 spiro atoms. The fourth-order valence-corrected chi connectivity index (χ4v) is 8.16. The average Bonchev–Trinajstić information content (AvgIpc) is 3.76. The van der Waals surface area contributed by atoms with E-state index in [1.165, 1.54) is 0 Å². The Kier molecular flexibility index (Phi) is 14.9. The van der Waals surface area contributed by atoms with Gasteiger partial charge in [-0.1, -0.05) is 58.5 Å². The monoisotopic (exact) mass is 934 g/mol. The summed E-state index contributed by atoms with van der Waals surface area (Å²) in [4.78, 5) is 52.6. The van der Waals surface area contributed by atoms with E-state index in [1.807, 2.05) is 45.4 Å². The molecule has 0 aliphatic carbocycles. The van der Waals surface area contributed by atoms with Crippen molar-refractivity contribution in [3.63, 3.8) is 0 Å². The summed E-state index contributed by atoms with van der Waals surface area (Å²) in [6, 6.07) is 14.1. The van der Waals surface area contributed by atoms with Gasteiger partial charge in [0, 0.05) is 50.7 Å². The van der Waals surface area contributed by atoms with Crippen molar-refractivity contribution in [1.82, 2.24) is 34.4 Å². The zero-order chi connectivity index (χ0) is 45.9.